The van der Waals surface area contributed by atoms with Gasteiger partial charge in [0.1, 0.15) is 0 Å². The Labute approximate surface area is 111 Å². The van der Waals surface area contributed by atoms with E-state index in [-0.39, 0.29) is 0 Å². The minimum absolute atomic E-state index is 0.741. The van der Waals surface area contributed by atoms with Crippen molar-refractivity contribution in [1.29, 1.82) is 0 Å². The summed E-state index contributed by atoms with van der Waals surface area (Å²) in [5, 5.41) is 7.95. The average Bonchev–Trinajstić information content (AvgIpc) is 2.64. The maximum absolute atomic E-state index is 4.26. The molecule has 0 bridgehead atoms. The predicted molar refractivity (Wildman–Crippen MR) is 75.6 cm³/mol. The third kappa shape index (κ3) is 3.58. The van der Waals surface area contributed by atoms with Crippen LogP contribution >= 0.6 is 0 Å². The van der Waals surface area contributed by atoms with Gasteiger partial charge >= 0.3 is 0 Å². The van der Waals surface area contributed by atoms with Gasteiger partial charge in [0.25, 0.3) is 0 Å². The van der Waals surface area contributed by atoms with Crippen molar-refractivity contribution in [1.82, 2.24) is 15.1 Å². The van der Waals surface area contributed by atoms with Gasteiger partial charge in [-0.2, -0.15) is 5.10 Å². The number of rotatable bonds is 5. The fourth-order valence-corrected chi connectivity index (χ4v) is 3.24. The average molecular weight is 249 g/mol. The minimum Gasteiger partial charge on any atom is -0.314 e. The first-order valence-corrected chi connectivity index (χ1v) is 7.51. The van der Waals surface area contributed by atoms with Gasteiger partial charge in [-0.25, -0.2) is 0 Å². The van der Waals surface area contributed by atoms with Crippen molar-refractivity contribution in [3.63, 3.8) is 0 Å². The topological polar surface area (TPSA) is 29.9 Å². The van der Waals surface area contributed by atoms with Crippen molar-refractivity contribution in [2.75, 3.05) is 6.54 Å². The number of aryl methyl sites for hydroxylation is 2. The lowest BCUT2D eigenvalue weighted by molar-refractivity contribution is 0.319. The van der Waals surface area contributed by atoms with Crippen LogP contribution in [0.25, 0.3) is 0 Å². The molecule has 0 amide bonds. The molecule has 1 fully saturated rings. The Bertz CT molecular complexity index is 345. The zero-order valence-electron chi connectivity index (χ0n) is 11.9. The van der Waals surface area contributed by atoms with Crippen LogP contribution < -0.4 is 5.32 Å². The molecule has 18 heavy (non-hydrogen) atoms. The summed E-state index contributed by atoms with van der Waals surface area (Å²) < 4.78 is 2.01. The standard InChI is InChI=1S/C15H27N3/c1-3-16-15-8-6-4-5-7-13(15)9-10-14-11-12-17-18(14)2/h11-13,15-16H,3-10H2,1-2H3. The number of hydrogen-bond donors (Lipinski definition) is 1. The van der Waals surface area contributed by atoms with Crippen LogP contribution in [0.4, 0.5) is 0 Å². The molecule has 102 valence electrons. The Morgan fingerprint density at radius 2 is 2.17 bits per heavy atom. The van der Waals surface area contributed by atoms with Gasteiger partial charge in [0, 0.05) is 25.0 Å². The monoisotopic (exact) mass is 249 g/mol. The van der Waals surface area contributed by atoms with E-state index in [1.807, 2.05) is 17.9 Å². The molecule has 1 heterocycles. The van der Waals surface area contributed by atoms with E-state index in [1.54, 1.807) is 0 Å². The van der Waals surface area contributed by atoms with Crippen molar-refractivity contribution >= 4 is 0 Å². The summed E-state index contributed by atoms with van der Waals surface area (Å²) in [6, 6.07) is 2.89. The summed E-state index contributed by atoms with van der Waals surface area (Å²) >= 11 is 0. The largest absolute Gasteiger partial charge is 0.314 e. The second-order valence-electron chi connectivity index (χ2n) is 5.55. The van der Waals surface area contributed by atoms with Crippen LogP contribution in [0.3, 0.4) is 0 Å². The molecule has 2 unspecified atom stereocenters. The normalized spacial score (nSPS) is 25.0. The van der Waals surface area contributed by atoms with E-state index in [4.69, 9.17) is 0 Å². The molecule has 2 rings (SSSR count). The van der Waals surface area contributed by atoms with E-state index in [0.717, 1.165) is 18.5 Å². The van der Waals surface area contributed by atoms with Gasteiger partial charge in [-0.1, -0.05) is 26.2 Å². The number of hydrogen-bond acceptors (Lipinski definition) is 2. The highest BCUT2D eigenvalue weighted by atomic mass is 15.2. The van der Waals surface area contributed by atoms with Crippen LogP contribution in [0, 0.1) is 5.92 Å². The SMILES string of the molecule is CCNC1CCCCCC1CCc1ccnn1C. The molecule has 1 saturated carbocycles. The fourth-order valence-electron chi connectivity index (χ4n) is 3.24. The lowest BCUT2D eigenvalue weighted by atomic mass is 9.89. The number of nitrogens with zero attached hydrogens (tertiary/aromatic N) is 2. The highest BCUT2D eigenvalue weighted by molar-refractivity contribution is 5.00. The smallest absolute Gasteiger partial charge is 0.0492 e. The summed E-state index contributed by atoms with van der Waals surface area (Å²) in [7, 11) is 2.05. The van der Waals surface area contributed by atoms with E-state index < -0.39 is 0 Å². The number of nitrogens with one attached hydrogen (secondary N) is 1. The van der Waals surface area contributed by atoms with Crippen LogP contribution in [0.15, 0.2) is 12.3 Å². The Morgan fingerprint density at radius 3 is 2.89 bits per heavy atom. The first kappa shape index (κ1) is 13.6. The fraction of sp³-hybridized carbons (Fsp3) is 0.800. The quantitative estimate of drug-likeness (QED) is 0.813. The Balaban J connectivity index is 1.90. The Morgan fingerprint density at radius 1 is 1.33 bits per heavy atom. The molecule has 0 saturated heterocycles. The lowest BCUT2D eigenvalue weighted by Crippen LogP contribution is -2.35. The van der Waals surface area contributed by atoms with E-state index in [1.165, 1.54) is 50.6 Å². The zero-order chi connectivity index (χ0) is 12.8. The first-order valence-electron chi connectivity index (χ1n) is 7.51. The molecule has 0 spiro atoms. The van der Waals surface area contributed by atoms with Gasteiger partial charge in [-0.3, -0.25) is 4.68 Å². The predicted octanol–water partition coefficient (Wildman–Crippen LogP) is 2.91. The third-order valence-corrected chi connectivity index (χ3v) is 4.32. The van der Waals surface area contributed by atoms with E-state index in [2.05, 4.69) is 23.4 Å². The van der Waals surface area contributed by atoms with E-state index in [9.17, 15) is 0 Å². The number of aromatic nitrogens is 2. The molecule has 3 nitrogen and oxygen atoms in total. The van der Waals surface area contributed by atoms with Crippen LogP contribution in [0.1, 0.15) is 51.1 Å². The molecule has 1 aliphatic rings. The summed E-state index contributed by atoms with van der Waals surface area (Å²) in [4.78, 5) is 0. The molecule has 0 aliphatic heterocycles. The summed E-state index contributed by atoms with van der Waals surface area (Å²) in [6.45, 7) is 3.33. The minimum atomic E-state index is 0.741. The van der Waals surface area contributed by atoms with E-state index >= 15 is 0 Å². The molecule has 1 aliphatic carbocycles. The third-order valence-electron chi connectivity index (χ3n) is 4.32. The summed E-state index contributed by atoms with van der Waals surface area (Å²) in [5.74, 6) is 0.849. The van der Waals surface area contributed by atoms with Gasteiger partial charge in [0.2, 0.25) is 0 Å². The Hall–Kier alpha value is -0.830. The van der Waals surface area contributed by atoms with Crippen molar-refractivity contribution in [3.05, 3.63) is 18.0 Å². The first-order chi connectivity index (χ1) is 8.81. The van der Waals surface area contributed by atoms with Crippen LogP contribution in [-0.4, -0.2) is 22.4 Å². The van der Waals surface area contributed by atoms with Crippen LogP contribution in [-0.2, 0) is 13.5 Å². The van der Waals surface area contributed by atoms with E-state index in [0.29, 0.717) is 0 Å². The van der Waals surface area contributed by atoms with Crippen LogP contribution in [0.2, 0.25) is 0 Å². The summed E-state index contributed by atoms with van der Waals surface area (Å²) in [6.07, 6.45) is 11.4. The second kappa shape index (κ2) is 6.93. The van der Waals surface area contributed by atoms with Crippen molar-refractivity contribution < 1.29 is 0 Å². The van der Waals surface area contributed by atoms with Crippen molar-refractivity contribution in [2.45, 2.75) is 57.9 Å². The molecule has 0 radical (unpaired) electrons. The molecule has 1 aromatic rings. The Kier molecular flexibility index (Phi) is 5.24. The van der Waals surface area contributed by atoms with Gasteiger partial charge in [0.15, 0.2) is 0 Å². The second-order valence-corrected chi connectivity index (χ2v) is 5.55. The molecule has 3 heteroatoms. The lowest BCUT2D eigenvalue weighted by Gasteiger charge is -2.26. The van der Waals surface area contributed by atoms with Gasteiger partial charge in [0.05, 0.1) is 0 Å². The van der Waals surface area contributed by atoms with Gasteiger partial charge < -0.3 is 5.32 Å². The molecule has 2 atom stereocenters. The maximum atomic E-state index is 4.26. The van der Waals surface area contributed by atoms with Crippen molar-refractivity contribution in [3.8, 4) is 0 Å². The van der Waals surface area contributed by atoms with Gasteiger partial charge in [-0.15, -0.1) is 0 Å². The zero-order valence-corrected chi connectivity index (χ0v) is 11.9. The molecule has 1 aromatic heterocycles. The molecular weight excluding hydrogens is 222 g/mol. The van der Waals surface area contributed by atoms with Gasteiger partial charge in [-0.05, 0) is 44.2 Å². The maximum Gasteiger partial charge on any atom is 0.0492 e. The van der Waals surface area contributed by atoms with Crippen LogP contribution in [0.5, 0.6) is 0 Å². The molecule has 0 aromatic carbocycles. The molecule has 1 N–H and O–H groups in total. The molecular formula is C15H27N3. The summed E-state index contributed by atoms with van der Waals surface area (Å²) in [5.41, 5.74) is 1.37. The highest BCUT2D eigenvalue weighted by Crippen LogP contribution is 2.27. The highest BCUT2D eigenvalue weighted by Gasteiger charge is 2.22. The van der Waals surface area contributed by atoms with Crippen molar-refractivity contribution in [2.24, 2.45) is 13.0 Å².